The van der Waals surface area contributed by atoms with Crippen LogP contribution in [0.25, 0.3) is 0 Å². The summed E-state index contributed by atoms with van der Waals surface area (Å²) in [5.74, 6) is -0.720. The van der Waals surface area contributed by atoms with Gasteiger partial charge in [-0.2, -0.15) is 0 Å². The second kappa shape index (κ2) is 4.09. The zero-order valence-corrected chi connectivity index (χ0v) is 9.15. The van der Waals surface area contributed by atoms with Gasteiger partial charge in [0.1, 0.15) is 5.82 Å². The van der Waals surface area contributed by atoms with E-state index < -0.39 is 5.82 Å². The predicted octanol–water partition coefficient (Wildman–Crippen LogP) is 3.63. The minimum atomic E-state index is -0.420. The normalized spacial score (nSPS) is 10.7. The van der Waals surface area contributed by atoms with Gasteiger partial charge in [-0.1, -0.05) is 25.4 Å². The Bertz CT molecular complexity index is 372. The number of benzene rings is 1. The maximum Gasteiger partial charge on any atom is 0.167 e. The molecule has 3 heteroatoms. The van der Waals surface area contributed by atoms with E-state index >= 15 is 0 Å². The third-order valence-electron chi connectivity index (χ3n) is 2.01. The molecule has 0 atom stereocenters. The summed E-state index contributed by atoms with van der Waals surface area (Å²) in [6, 6.07) is 2.51. The molecular formula is C11H12ClFO. The van der Waals surface area contributed by atoms with Crippen molar-refractivity contribution in [3.63, 3.8) is 0 Å². The Morgan fingerprint density at radius 3 is 2.50 bits per heavy atom. The van der Waals surface area contributed by atoms with Gasteiger partial charge in [0.2, 0.25) is 0 Å². The van der Waals surface area contributed by atoms with Crippen molar-refractivity contribution in [2.75, 3.05) is 0 Å². The van der Waals surface area contributed by atoms with Crippen LogP contribution in [0.1, 0.15) is 29.8 Å². The Morgan fingerprint density at radius 1 is 1.43 bits per heavy atom. The van der Waals surface area contributed by atoms with E-state index in [4.69, 9.17) is 11.6 Å². The van der Waals surface area contributed by atoms with E-state index in [0.29, 0.717) is 10.6 Å². The fourth-order valence-electron chi connectivity index (χ4n) is 1.22. The molecule has 0 N–H and O–H groups in total. The summed E-state index contributed by atoms with van der Waals surface area (Å²) in [7, 11) is 0. The van der Waals surface area contributed by atoms with Gasteiger partial charge in [-0.3, -0.25) is 4.79 Å². The first-order chi connectivity index (χ1) is 6.43. The molecule has 0 unspecified atom stereocenters. The van der Waals surface area contributed by atoms with Gasteiger partial charge >= 0.3 is 0 Å². The molecule has 0 radical (unpaired) electrons. The van der Waals surface area contributed by atoms with E-state index in [-0.39, 0.29) is 17.3 Å². The van der Waals surface area contributed by atoms with Crippen molar-refractivity contribution >= 4 is 17.4 Å². The van der Waals surface area contributed by atoms with Crippen molar-refractivity contribution in [3.8, 4) is 0 Å². The van der Waals surface area contributed by atoms with Crippen LogP contribution < -0.4 is 0 Å². The molecule has 0 bridgehead atoms. The topological polar surface area (TPSA) is 17.1 Å². The maximum atomic E-state index is 13.0. The van der Waals surface area contributed by atoms with Crippen LogP contribution in [0.15, 0.2) is 12.1 Å². The summed E-state index contributed by atoms with van der Waals surface area (Å²) in [4.78, 5) is 11.6. The van der Waals surface area contributed by atoms with Crippen molar-refractivity contribution in [2.45, 2.75) is 20.8 Å². The first-order valence-corrected chi connectivity index (χ1v) is 4.81. The van der Waals surface area contributed by atoms with Gasteiger partial charge in [0.25, 0.3) is 0 Å². The van der Waals surface area contributed by atoms with Crippen LogP contribution in [-0.2, 0) is 0 Å². The predicted molar refractivity (Wildman–Crippen MR) is 55.3 cm³/mol. The van der Waals surface area contributed by atoms with Gasteiger partial charge in [-0.05, 0) is 24.6 Å². The standard InChI is InChI=1S/C11H12ClFO/c1-6(2)11(14)9-5-8(13)4-7(3)10(9)12/h4-6H,1-3H3. The average Bonchev–Trinajstić information content (AvgIpc) is 2.09. The lowest BCUT2D eigenvalue weighted by Gasteiger charge is -2.08. The molecule has 1 nitrogen and oxygen atoms in total. The smallest absolute Gasteiger partial charge is 0.167 e. The number of rotatable bonds is 2. The Balaban J connectivity index is 3.27. The second-order valence-corrected chi connectivity index (χ2v) is 3.98. The molecule has 0 amide bonds. The zero-order chi connectivity index (χ0) is 10.9. The molecule has 14 heavy (non-hydrogen) atoms. The third kappa shape index (κ3) is 2.13. The van der Waals surface area contributed by atoms with Gasteiger partial charge in [0.15, 0.2) is 5.78 Å². The Hall–Kier alpha value is -0.890. The molecule has 0 aromatic heterocycles. The number of carbonyl (C=O) groups is 1. The van der Waals surface area contributed by atoms with Crippen LogP contribution in [0, 0.1) is 18.7 Å². The molecule has 0 fully saturated rings. The highest BCUT2D eigenvalue weighted by molar-refractivity contribution is 6.34. The lowest BCUT2D eigenvalue weighted by molar-refractivity contribution is 0.0939. The number of halogens is 2. The van der Waals surface area contributed by atoms with Crippen molar-refractivity contribution in [1.82, 2.24) is 0 Å². The summed E-state index contributed by atoms with van der Waals surface area (Å²) in [5, 5.41) is 0.352. The van der Waals surface area contributed by atoms with Gasteiger partial charge in [0.05, 0.1) is 5.02 Å². The molecule has 0 aliphatic rings. The Labute approximate surface area is 87.9 Å². The van der Waals surface area contributed by atoms with Crippen LogP contribution in [0.2, 0.25) is 5.02 Å². The Morgan fingerprint density at radius 2 is 2.00 bits per heavy atom. The van der Waals surface area contributed by atoms with Crippen molar-refractivity contribution in [3.05, 3.63) is 34.1 Å². The van der Waals surface area contributed by atoms with Gasteiger partial charge in [0, 0.05) is 11.5 Å². The van der Waals surface area contributed by atoms with Crippen LogP contribution in [0.4, 0.5) is 4.39 Å². The van der Waals surface area contributed by atoms with E-state index in [1.54, 1.807) is 20.8 Å². The van der Waals surface area contributed by atoms with Crippen molar-refractivity contribution in [1.29, 1.82) is 0 Å². The second-order valence-electron chi connectivity index (χ2n) is 3.60. The fourth-order valence-corrected chi connectivity index (χ4v) is 1.42. The lowest BCUT2D eigenvalue weighted by Crippen LogP contribution is -2.09. The summed E-state index contributed by atoms with van der Waals surface area (Å²) >= 11 is 5.92. The van der Waals surface area contributed by atoms with Crippen LogP contribution >= 0.6 is 11.6 Å². The first kappa shape index (κ1) is 11.2. The van der Waals surface area contributed by atoms with Crippen molar-refractivity contribution in [2.24, 2.45) is 5.92 Å². The lowest BCUT2D eigenvalue weighted by atomic mass is 9.99. The third-order valence-corrected chi connectivity index (χ3v) is 2.51. The number of ketones is 1. The first-order valence-electron chi connectivity index (χ1n) is 4.43. The SMILES string of the molecule is Cc1cc(F)cc(C(=O)C(C)C)c1Cl. The highest BCUT2D eigenvalue weighted by atomic mass is 35.5. The van der Waals surface area contributed by atoms with E-state index in [1.165, 1.54) is 12.1 Å². The van der Waals surface area contributed by atoms with Gasteiger partial charge in [-0.25, -0.2) is 4.39 Å². The number of aryl methyl sites for hydroxylation is 1. The monoisotopic (exact) mass is 214 g/mol. The Kier molecular flexibility index (Phi) is 3.27. The molecule has 0 saturated carbocycles. The van der Waals surface area contributed by atoms with Crippen LogP contribution in [0.3, 0.4) is 0 Å². The summed E-state index contributed by atoms with van der Waals surface area (Å²) in [6.07, 6.45) is 0. The number of hydrogen-bond acceptors (Lipinski definition) is 1. The van der Waals surface area contributed by atoms with E-state index in [2.05, 4.69) is 0 Å². The molecule has 76 valence electrons. The highest BCUT2D eigenvalue weighted by Gasteiger charge is 2.16. The molecular weight excluding hydrogens is 203 g/mol. The van der Waals surface area contributed by atoms with Gasteiger partial charge in [-0.15, -0.1) is 0 Å². The molecule has 0 saturated heterocycles. The maximum absolute atomic E-state index is 13.0. The number of carbonyl (C=O) groups excluding carboxylic acids is 1. The largest absolute Gasteiger partial charge is 0.294 e. The molecule has 0 aliphatic carbocycles. The van der Waals surface area contributed by atoms with Crippen LogP contribution in [0.5, 0.6) is 0 Å². The molecule has 1 aromatic carbocycles. The highest BCUT2D eigenvalue weighted by Crippen LogP contribution is 2.24. The zero-order valence-electron chi connectivity index (χ0n) is 8.40. The quantitative estimate of drug-likeness (QED) is 0.688. The van der Waals surface area contributed by atoms with Crippen molar-refractivity contribution < 1.29 is 9.18 Å². The minimum absolute atomic E-state index is 0.127. The minimum Gasteiger partial charge on any atom is -0.294 e. The molecule has 0 aliphatic heterocycles. The van der Waals surface area contributed by atoms with E-state index in [0.717, 1.165) is 0 Å². The molecule has 1 aromatic rings. The van der Waals surface area contributed by atoms with Gasteiger partial charge < -0.3 is 0 Å². The van der Waals surface area contributed by atoms with E-state index in [9.17, 15) is 9.18 Å². The van der Waals surface area contributed by atoms with E-state index in [1.807, 2.05) is 0 Å². The summed E-state index contributed by atoms with van der Waals surface area (Å²) in [6.45, 7) is 5.21. The fraction of sp³-hybridized carbons (Fsp3) is 0.364. The average molecular weight is 215 g/mol. The molecule has 0 heterocycles. The molecule has 1 rings (SSSR count). The number of hydrogen-bond donors (Lipinski definition) is 0. The number of Topliss-reactive ketones (excluding diaryl/α,β-unsaturated/α-hetero) is 1. The summed E-state index contributed by atoms with van der Waals surface area (Å²) in [5.41, 5.74) is 0.870. The molecule has 0 spiro atoms. The van der Waals surface area contributed by atoms with Crippen LogP contribution in [-0.4, -0.2) is 5.78 Å². The summed E-state index contributed by atoms with van der Waals surface area (Å²) < 4.78 is 13.0.